The molecular weight excluding hydrogens is 325 g/mol. The lowest BCUT2D eigenvalue weighted by molar-refractivity contribution is -0.142. The van der Waals surface area contributed by atoms with Gasteiger partial charge in [-0.05, 0) is 25.0 Å². The Hall–Kier alpha value is -1.99. The van der Waals surface area contributed by atoms with Crippen molar-refractivity contribution in [3.63, 3.8) is 0 Å². The SMILES string of the molecule is O=C(CCN1CCN(C(=O)[C@H]2CCCO2)CC1)Nc1ccccc1F. The third kappa shape index (κ3) is 4.76. The fraction of sp³-hybridized carbons (Fsp3) is 0.556. The van der Waals surface area contributed by atoms with E-state index in [2.05, 4.69) is 10.2 Å². The van der Waals surface area contributed by atoms with Gasteiger partial charge in [0.25, 0.3) is 5.91 Å². The third-order valence-corrected chi connectivity index (χ3v) is 4.69. The van der Waals surface area contributed by atoms with E-state index in [1.54, 1.807) is 18.2 Å². The molecule has 2 amide bonds. The lowest BCUT2D eigenvalue weighted by Crippen LogP contribution is -2.51. The van der Waals surface area contributed by atoms with Crippen LogP contribution < -0.4 is 5.32 Å². The predicted molar refractivity (Wildman–Crippen MR) is 91.6 cm³/mol. The highest BCUT2D eigenvalue weighted by molar-refractivity contribution is 5.90. The molecule has 2 aliphatic heterocycles. The standard InChI is InChI=1S/C18H24FN3O3/c19-14-4-1-2-5-15(14)20-17(23)7-8-21-9-11-22(12-10-21)18(24)16-6-3-13-25-16/h1-2,4-5,16H,3,6-13H2,(H,20,23)/t16-/m1/s1. The van der Waals surface area contributed by atoms with Gasteiger partial charge in [0.1, 0.15) is 11.9 Å². The molecule has 0 radical (unpaired) electrons. The van der Waals surface area contributed by atoms with E-state index in [4.69, 9.17) is 4.74 Å². The molecule has 25 heavy (non-hydrogen) atoms. The van der Waals surface area contributed by atoms with E-state index in [1.165, 1.54) is 6.07 Å². The highest BCUT2D eigenvalue weighted by Crippen LogP contribution is 2.16. The molecule has 2 saturated heterocycles. The van der Waals surface area contributed by atoms with Crippen LogP contribution in [0.25, 0.3) is 0 Å². The zero-order chi connectivity index (χ0) is 17.6. The van der Waals surface area contributed by atoms with Gasteiger partial charge >= 0.3 is 0 Å². The Kier molecular flexibility index (Phi) is 5.99. The van der Waals surface area contributed by atoms with Gasteiger partial charge in [0.15, 0.2) is 0 Å². The van der Waals surface area contributed by atoms with E-state index in [0.717, 1.165) is 25.9 Å². The molecule has 0 spiro atoms. The smallest absolute Gasteiger partial charge is 0.251 e. The fourth-order valence-electron chi connectivity index (χ4n) is 3.20. The molecule has 0 aromatic heterocycles. The van der Waals surface area contributed by atoms with Crippen LogP contribution in [0.2, 0.25) is 0 Å². The van der Waals surface area contributed by atoms with Gasteiger partial charge in [-0.15, -0.1) is 0 Å². The van der Waals surface area contributed by atoms with Crippen molar-refractivity contribution in [3.05, 3.63) is 30.1 Å². The summed E-state index contributed by atoms with van der Waals surface area (Å²) in [6.07, 6.45) is 1.80. The number of nitrogens with one attached hydrogen (secondary N) is 1. The number of benzene rings is 1. The summed E-state index contributed by atoms with van der Waals surface area (Å²) in [5.41, 5.74) is 0.208. The molecule has 1 atom stereocenters. The molecule has 0 unspecified atom stereocenters. The molecule has 2 fully saturated rings. The van der Waals surface area contributed by atoms with Gasteiger partial charge in [-0.25, -0.2) is 4.39 Å². The maximum atomic E-state index is 13.5. The van der Waals surface area contributed by atoms with Crippen molar-refractivity contribution in [2.75, 3.05) is 44.6 Å². The summed E-state index contributed by atoms with van der Waals surface area (Å²) >= 11 is 0. The molecule has 3 rings (SSSR count). The van der Waals surface area contributed by atoms with Crippen molar-refractivity contribution in [2.45, 2.75) is 25.4 Å². The Bertz CT molecular complexity index is 611. The summed E-state index contributed by atoms with van der Waals surface area (Å²) in [5, 5.41) is 2.59. The number of para-hydroxylation sites is 1. The number of carbonyl (C=O) groups excluding carboxylic acids is 2. The summed E-state index contributed by atoms with van der Waals surface area (Å²) in [4.78, 5) is 28.3. The molecule has 0 aliphatic carbocycles. The van der Waals surface area contributed by atoms with Crippen molar-refractivity contribution in [1.29, 1.82) is 0 Å². The van der Waals surface area contributed by atoms with Crippen LogP contribution in [0.4, 0.5) is 10.1 Å². The molecule has 2 heterocycles. The average Bonchev–Trinajstić information content (AvgIpc) is 3.16. The van der Waals surface area contributed by atoms with Crippen LogP contribution in [-0.4, -0.2) is 67.0 Å². The van der Waals surface area contributed by atoms with Crippen LogP contribution in [-0.2, 0) is 14.3 Å². The fourth-order valence-corrected chi connectivity index (χ4v) is 3.20. The van der Waals surface area contributed by atoms with Crippen molar-refractivity contribution >= 4 is 17.5 Å². The number of rotatable bonds is 5. The van der Waals surface area contributed by atoms with Crippen LogP contribution in [0.15, 0.2) is 24.3 Å². The minimum Gasteiger partial charge on any atom is -0.368 e. The van der Waals surface area contributed by atoms with Crippen LogP contribution >= 0.6 is 0 Å². The van der Waals surface area contributed by atoms with E-state index in [9.17, 15) is 14.0 Å². The quantitative estimate of drug-likeness (QED) is 0.875. The molecule has 1 aromatic rings. The van der Waals surface area contributed by atoms with Crippen LogP contribution in [0.5, 0.6) is 0 Å². The number of halogens is 1. The maximum Gasteiger partial charge on any atom is 0.251 e. The predicted octanol–water partition coefficient (Wildman–Crippen LogP) is 1.48. The van der Waals surface area contributed by atoms with Gasteiger partial charge in [0.05, 0.1) is 5.69 Å². The number of hydrogen-bond donors (Lipinski definition) is 1. The Labute approximate surface area is 146 Å². The normalized spacial score (nSPS) is 21.3. The first-order valence-electron chi connectivity index (χ1n) is 8.80. The van der Waals surface area contributed by atoms with Crippen molar-refractivity contribution in [3.8, 4) is 0 Å². The lowest BCUT2D eigenvalue weighted by atomic mass is 10.2. The lowest BCUT2D eigenvalue weighted by Gasteiger charge is -2.35. The zero-order valence-corrected chi connectivity index (χ0v) is 14.2. The number of nitrogens with zero attached hydrogens (tertiary/aromatic N) is 2. The molecule has 7 heteroatoms. The van der Waals surface area contributed by atoms with Crippen LogP contribution in [0, 0.1) is 5.82 Å². The highest BCUT2D eigenvalue weighted by Gasteiger charge is 2.30. The second kappa shape index (κ2) is 8.40. The van der Waals surface area contributed by atoms with Crippen molar-refractivity contribution < 1.29 is 18.7 Å². The number of hydrogen-bond acceptors (Lipinski definition) is 4. The van der Waals surface area contributed by atoms with Crippen LogP contribution in [0.3, 0.4) is 0 Å². The first-order valence-corrected chi connectivity index (χ1v) is 8.80. The molecule has 0 bridgehead atoms. The van der Waals surface area contributed by atoms with E-state index in [1.807, 2.05) is 4.90 Å². The van der Waals surface area contributed by atoms with Gasteiger partial charge in [0, 0.05) is 45.8 Å². The molecule has 0 saturated carbocycles. The summed E-state index contributed by atoms with van der Waals surface area (Å²) in [7, 11) is 0. The van der Waals surface area contributed by atoms with E-state index in [0.29, 0.717) is 32.7 Å². The number of amides is 2. The first-order chi connectivity index (χ1) is 12.1. The Morgan fingerprint density at radius 3 is 2.64 bits per heavy atom. The Morgan fingerprint density at radius 1 is 1.20 bits per heavy atom. The average molecular weight is 349 g/mol. The highest BCUT2D eigenvalue weighted by atomic mass is 19.1. The van der Waals surface area contributed by atoms with Crippen molar-refractivity contribution in [1.82, 2.24) is 9.80 Å². The zero-order valence-electron chi connectivity index (χ0n) is 14.2. The monoisotopic (exact) mass is 349 g/mol. The van der Waals surface area contributed by atoms with Gasteiger partial charge < -0.3 is 15.0 Å². The number of ether oxygens (including phenoxy) is 1. The number of piperazine rings is 1. The molecule has 1 N–H and O–H groups in total. The summed E-state index contributed by atoms with van der Waals surface area (Å²) < 4.78 is 19.0. The van der Waals surface area contributed by atoms with E-state index < -0.39 is 5.82 Å². The molecule has 136 valence electrons. The number of carbonyl (C=O) groups is 2. The van der Waals surface area contributed by atoms with Gasteiger partial charge in [0.2, 0.25) is 5.91 Å². The van der Waals surface area contributed by atoms with E-state index >= 15 is 0 Å². The Balaban J connectivity index is 1.38. The third-order valence-electron chi connectivity index (χ3n) is 4.69. The minimum atomic E-state index is -0.433. The maximum absolute atomic E-state index is 13.5. The molecule has 2 aliphatic rings. The summed E-state index contributed by atoms with van der Waals surface area (Å²) in [5.74, 6) is -0.547. The minimum absolute atomic E-state index is 0.0921. The van der Waals surface area contributed by atoms with E-state index in [-0.39, 0.29) is 23.6 Å². The molecular formula is C18H24FN3O3. The van der Waals surface area contributed by atoms with Gasteiger partial charge in [-0.2, -0.15) is 0 Å². The largest absolute Gasteiger partial charge is 0.368 e. The Morgan fingerprint density at radius 2 is 1.96 bits per heavy atom. The van der Waals surface area contributed by atoms with Gasteiger partial charge in [-0.3, -0.25) is 14.5 Å². The second-order valence-corrected chi connectivity index (χ2v) is 6.45. The van der Waals surface area contributed by atoms with Crippen LogP contribution in [0.1, 0.15) is 19.3 Å². The van der Waals surface area contributed by atoms with Crippen molar-refractivity contribution in [2.24, 2.45) is 0 Å². The summed E-state index contributed by atoms with van der Waals surface area (Å²) in [6, 6.07) is 6.13. The second-order valence-electron chi connectivity index (χ2n) is 6.45. The topological polar surface area (TPSA) is 61.9 Å². The first kappa shape index (κ1) is 17.8. The molecule has 1 aromatic carbocycles. The van der Waals surface area contributed by atoms with Gasteiger partial charge in [-0.1, -0.05) is 12.1 Å². The summed E-state index contributed by atoms with van der Waals surface area (Å²) in [6.45, 7) is 4.08. The molecule has 6 nitrogen and oxygen atoms in total. The number of anilines is 1.